The number of hydrogen-bond acceptors (Lipinski definition) is 7. The van der Waals surface area contributed by atoms with Crippen LogP contribution in [0, 0.1) is 0 Å². The van der Waals surface area contributed by atoms with Gasteiger partial charge in [-0.3, -0.25) is 9.36 Å². The van der Waals surface area contributed by atoms with E-state index in [1.807, 2.05) is 56.3 Å². The number of fused-ring (bicyclic) bond motifs is 1. The van der Waals surface area contributed by atoms with Crippen molar-refractivity contribution >= 4 is 39.3 Å². The van der Waals surface area contributed by atoms with Gasteiger partial charge in [0.1, 0.15) is 11.5 Å². The van der Waals surface area contributed by atoms with E-state index in [2.05, 4.69) is 20.9 Å². The van der Waals surface area contributed by atoms with Gasteiger partial charge in [0.15, 0.2) is 4.80 Å². The Labute approximate surface area is 221 Å². The topological polar surface area (TPSA) is 79.1 Å². The number of hydrogen-bond donors (Lipinski definition) is 0. The van der Waals surface area contributed by atoms with E-state index in [9.17, 15) is 9.59 Å². The summed E-state index contributed by atoms with van der Waals surface area (Å²) in [4.78, 5) is 31.9. The summed E-state index contributed by atoms with van der Waals surface area (Å²) in [7, 11) is 1.59. The van der Waals surface area contributed by atoms with E-state index in [0.29, 0.717) is 32.1 Å². The van der Waals surface area contributed by atoms with E-state index in [0.717, 1.165) is 15.6 Å². The monoisotopic (exact) mass is 570 g/mol. The van der Waals surface area contributed by atoms with Crippen molar-refractivity contribution in [2.75, 3.05) is 13.7 Å². The predicted molar refractivity (Wildman–Crippen MR) is 143 cm³/mol. The van der Waals surface area contributed by atoms with Gasteiger partial charge in [-0.1, -0.05) is 39.4 Å². The highest BCUT2D eigenvalue weighted by Gasteiger charge is 2.33. The third-order valence-corrected chi connectivity index (χ3v) is 7.04. The number of allylic oxidation sites excluding steroid dienone is 1. The molecule has 0 saturated heterocycles. The number of aromatic nitrogens is 1. The molecule has 0 N–H and O–H groups in total. The molecular formula is C27H27BrN2O5S. The average molecular weight is 571 g/mol. The summed E-state index contributed by atoms with van der Waals surface area (Å²) >= 11 is 4.75. The summed E-state index contributed by atoms with van der Waals surface area (Å²) in [6.45, 7) is 7.65. The van der Waals surface area contributed by atoms with Crippen LogP contribution >= 0.6 is 27.3 Å². The maximum absolute atomic E-state index is 13.8. The van der Waals surface area contributed by atoms with Gasteiger partial charge in [-0.25, -0.2) is 9.79 Å². The van der Waals surface area contributed by atoms with E-state index in [-0.39, 0.29) is 18.3 Å². The zero-order chi connectivity index (χ0) is 26.0. The van der Waals surface area contributed by atoms with Crippen LogP contribution in [0.3, 0.4) is 0 Å². The first-order chi connectivity index (χ1) is 17.2. The molecule has 1 aliphatic rings. The smallest absolute Gasteiger partial charge is 0.338 e. The number of halogens is 1. The maximum Gasteiger partial charge on any atom is 0.338 e. The van der Waals surface area contributed by atoms with Crippen molar-refractivity contribution in [3.05, 3.63) is 89.0 Å². The molecule has 9 heteroatoms. The molecule has 0 amide bonds. The molecule has 0 bridgehead atoms. The third kappa shape index (κ3) is 5.17. The number of carbonyl (C=O) groups is 1. The summed E-state index contributed by atoms with van der Waals surface area (Å²) < 4.78 is 19.5. The number of methoxy groups -OCH3 is 1. The summed E-state index contributed by atoms with van der Waals surface area (Å²) in [5.74, 6) is 0.861. The normalized spacial score (nSPS) is 15.5. The van der Waals surface area contributed by atoms with Crippen molar-refractivity contribution in [2.24, 2.45) is 4.99 Å². The highest BCUT2D eigenvalue weighted by molar-refractivity contribution is 9.10. The number of esters is 1. The first-order valence-corrected chi connectivity index (χ1v) is 13.1. The van der Waals surface area contributed by atoms with Gasteiger partial charge in [0, 0.05) is 10.0 Å². The fourth-order valence-electron chi connectivity index (χ4n) is 4.07. The third-order valence-electron chi connectivity index (χ3n) is 5.56. The fourth-order valence-corrected chi connectivity index (χ4v) is 5.48. The number of ether oxygens (including phenoxy) is 3. The number of carbonyl (C=O) groups excluding carboxylic acids is 1. The van der Waals surface area contributed by atoms with Crippen LogP contribution in [0.15, 0.2) is 68.0 Å². The average Bonchev–Trinajstić information content (AvgIpc) is 3.13. The molecule has 0 spiro atoms. The second-order valence-corrected chi connectivity index (χ2v) is 10.3. The lowest BCUT2D eigenvalue weighted by Crippen LogP contribution is -2.39. The molecule has 1 aromatic heterocycles. The Bertz CT molecular complexity index is 1500. The van der Waals surface area contributed by atoms with Crippen LogP contribution < -0.4 is 24.4 Å². The first-order valence-electron chi connectivity index (χ1n) is 11.5. The lowest BCUT2D eigenvalue weighted by atomic mass is 9.96. The van der Waals surface area contributed by atoms with Crippen LogP contribution in [0.25, 0.3) is 6.08 Å². The number of rotatable bonds is 7. The molecule has 2 aromatic carbocycles. The molecular weight excluding hydrogens is 544 g/mol. The molecule has 0 saturated carbocycles. The Morgan fingerprint density at radius 1 is 1.22 bits per heavy atom. The summed E-state index contributed by atoms with van der Waals surface area (Å²) in [6, 6.07) is 12.3. The molecule has 2 heterocycles. The van der Waals surface area contributed by atoms with Gasteiger partial charge in [-0.05, 0) is 69.7 Å². The van der Waals surface area contributed by atoms with Crippen molar-refractivity contribution < 1.29 is 19.0 Å². The quantitative estimate of drug-likeness (QED) is 0.394. The van der Waals surface area contributed by atoms with E-state index in [1.165, 1.54) is 11.3 Å². The second kappa shape index (κ2) is 10.8. The maximum atomic E-state index is 13.8. The Balaban J connectivity index is 1.92. The Kier molecular flexibility index (Phi) is 7.80. The van der Waals surface area contributed by atoms with Crippen LogP contribution in [0.2, 0.25) is 0 Å². The summed E-state index contributed by atoms with van der Waals surface area (Å²) in [6.07, 6.45) is 1.81. The van der Waals surface area contributed by atoms with E-state index < -0.39 is 12.0 Å². The second-order valence-electron chi connectivity index (χ2n) is 8.42. The van der Waals surface area contributed by atoms with Crippen LogP contribution in [0.5, 0.6) is 11.5 Å². The zero-order valence-electron chi connectivity index (χ0n) is 20.7. The number of thiazole rings is 1. The number of benzene rings is 2. The molecule has 0 radical (unpaired) electrons. The number of nitrogens with zero attached hydrogens (tertiary/aromatic N) is 2. The standard InChI is InChI=1S/C27H27BrN2O5S/c1-6-34-26(32)23-16(4)29-27-30(24(23)17-7-10-20(11-8-17)35-15(2)3)25(31)22(36-27)14-18-13-19(28)9-12-21(18)33-5/h7-15,24H,6H2,1-5H3/b22-14-/t24-/m1/s1. The van der Waals surface area contributed by atoms with Gasteiger partial charge in [-0.2, -0.15) is 0 Å². The molecule has 0 fully saturated rings. The van der Waals surface area contributed by atoms with Crippen LogP contribution in [0.4, 0.5) is 0 Å². The predicted octanol–water partition coefficient (Wildman–Crippen LogP) is 4.36. The Morgan fingerprint density at radius 3 is 2.58 bits per heavy atom. The van der Waals surface area contributed by atoms with Gasteiger partial charge < -0.3 is 14.2 Å². The van der Waals surface area contributed by atoms with Gasteiger partial charge in [0.05, 0.1) is 41.7 Å². The molecule has 7 nitrogen and oxygen atoms in total. The fraction of sp³-hybridized carbons (Fsp3) is 0.296. The highest BCUT2D eigenvalue weighted by atomic mass is 79.9. The minimum Gasteiger partial charge on any atom is -0.496 e. The van der Waals surface area contributed by atoms with Crippen LogP contribution in [-0.4, -0.2) is 30.4 Å². The van der Waals surface area contributed by atoms with E-state index >= 15 is 0 Å². The lowest BCUT2D eigenvalue weighted by Gasteiger charge is -2.25. The highest BCUT2D eigenvalue weighted by Crippen LogP contribution is 2.32. The van der Waals surface area contributed by atoms with Crippen LogP contribution in [0.1, 0.15) is 44.9 Å². The van der Waals surface area contributed by atoms with Crippen molar-refractivity contribution in [1.29, 1.82) is 0 Å². The van der Waals surface area contributed by atoms with Crippen LogP contribution in [-0.2, 0) is 9.53 Å². The van der Waals surface area contributed by atoms with E-state index in [4.69, 9.17) is 14.2 Å². The molecule has 36 heavy (non-hydrogen) atoms. The molecule has 188 valence electrons. The van der Waals surface area contributed by atoms with E-state index in [1.54, 1.807) is 31.6 Å². The molecule has 1 atom stereocenters. The molecule has 0 unspecified atom stereocenters. The minimum atomic E-state index is -0.681. The lowest BCUT2D eigenvalue weighted by molar-refractivity contribution is -0.139. The molecule has 1 aliphatic heterocycles. The Morgan fingerprint density at radius 2 is 1.94 bits per heavy atom. The first kappa shape index (κ1) is 25.9. The molecule has 3 aromatic rings. The summed E-state index contributed by atoms with van der Waals surface area (Å²) in [5, 5.41) is 0. The van der Waals surface area contributed by atoms with Crippen molar-refractivity contribution in [2.45, 2.75) is 39.8 Å². The van der Waals surface area contributed by atoms with Gasteiger partial charge >= 0.3 is 5.97 Å². The minimum absolute atomic E-state index is 0.0285. The van der Waals surface area contributed by atoms with Gasteiger partial charge in [0.25, 0.3) is 5.56 Å². The Hall–Kier alpha value is -3.17. The van der Waals surface area contributed by atoms with Crippen molar-refractivity contribution in [3.8, 4) is 11.5 Å². The van der Waals surface area contributed by atoms with Crippen molar-refractivity contribution in [3.63, 3.8) is 0 Å². The SMILES string of the molecule is CCOC(=O)C1=C(C)N=c2s/c(=C\c3cc(Br)ccc3OC)c(=O)n2[C@@H]1c1ccc(OC(C)C)cc1. The largest absolute Gasteiger partial charge is 0.496 e. The van der Waals surface area contributed by atoms with Gasteiger partial charge in [-0.15, -0.1) is 0 Å². The summed E-state index contributed by atoms with van der Waals surface area (Å²) in [5.41, 5.74) is 2.13. The zero-order valence-corrected chi connectivity index (χ0v) is 23.1. The molecule has 0 aliphatic carbocycles. The molecule has 4 rings (SSSR count). The van der Waals surface area contributed by atoms with Crippen molar-refractivity contribution in [1.82, 2.24) is 4.57 Å². The van der Waals surface area contributed by atoms with Gasteiger partial charge in [0.2, 0.25) is 0 Å².